The maximum atomic E-state index is 12.0. The van der Waals surface area contributed by atoms with Gasteiger partial charge in [-0.3, -0.25) is 4.79 Å². The highest BCUT2D eigenvalue weighted by Gasteiger charge is 2.20. The van der Waals surface area contributed by atoms with Crippen LogP contribution in [0, 0.1) is 0 Å². The predicted octanol–water partition coefficient (Wildman–Crippen LogP) is 2.86. The van der Waals surface area contributed by atoms with E-state index in [4.69, 9.17) is 4.74 Å². The fourth-order valence-corrected chi connectivity index (χ4v) is 3.11. The third-order valence-electron chi connectivity index (χ3n) is 4.34. The van der Waals surface area contributed by atoms with Gasteiger partial charge in [0.2, 0.25) is 0 Å². The average molecular weight is 272 g/mol. The molecule has 0 aliphatic carbocycles. The van der Waals surface area contributed by atoms with Crippen molar-refractivity contribution in [2.45, 2.75) is 25.7 Å². The summed E-state index contributed by atoms with van der Waals surface area (Å²) in [4.78, 5) is 12.0. The zero-order chi connectivity index (χ0) is 14.3. The summed E-state index contributed by atoms with van der Waals surface area (Å²) in [5.74, 6) is 1.21. The molecule has 4 nitrogen and oxygen atoms in total. The van der Waals surface area contributed by atoms with Crippen LogP contribution in [0.15, 0.2) is 23.0 Å². The van der Waals surface area contributed by atoms with E-state index >= 15 is 0 Å². The van der Waals surface area contributed by atoms with Gasteiger partial charge in [0.05, 0.1) is 12.6 Å². The molecule has 1 atom stereocenters. The fourth-order valence-electron chi connectivity index (χ4n) is 3.11. The van der Waals surface area contributed by atoms with Gasteiger partial charge in [-0.15, -0.1) is 0 Å². The highest BCUT2D eigenvalue weighted by Crippen LogP contribution is 2.38. The van der Waals surface area contributed by atoms with Crippen LogP contribution in [0.4, 0.5) is 5.69 Å². The van der Waals surface area contributed by atoms with E-state index in [9.17, 15) is 4.79 Å². The van der Waals surface area contributed by atoms with Gasteiger partial charge in [0.1, 0.15) is 5.75 Å². The van der Waals surface area contributed by atoms with Gasteiger partial charge in [-0.1, -0.05) is 6.92 Å². The van der Waals surface area contributed by atoms with E-state index in [1.165, 1.54) is 11.3 Å². The standard InChI is InChI=1S/C16H20N2O2/c1-4-10-5-6-17-13-7-12-14(8-11(10)13)18(2)16(19)9-15(12)20-3/h7-10,17H,4-6H2,1-3H3. The van der Waals surface area contributed by atoms with E-state index in [1.54, 1.807) is 17.7 Å². The minimum Gasteiger partial charge on any atom is -0.496 e. The Labute approximate surface area is 118 Å². The second-order valence-corrected chi connectivity index (χ2v) is 5.39. The minimum absolute atomic E-state index is 0.0360. The lowest BCUT2D eigenvalue weighted by Gasteiger charge is -2.27. The van der Waals surface area contributed by atoms with Crippen LogP contribution in [-0.2, 0) is 7.05 Å². The van der Waals surface area contributed by atoms with Crippen molar-refractivity contribution in [1.82, 2.24) is 4.57 Å². The zero-order valence-electron chi connectivity index (χ0n) is 12.2. The molecule has 4 heteroatoms. The number of hydrogen-bond donors (Lipinski definition) is 1. The van der Waals surface area contributed by atoms with Crippen LogP contribution in [0.3, 0.4) is 0 Å². The van der Waals surface area contributed by atoms with E-state index < -0.39 is 0 Å². The molecule has 20 heavy (non-hydrogen) atoms. The van der Waals surface area contributed by atoms with Crippen molar-refractivity contribution in [2.75, 3.05) is 19.0 Å². The van der Waals surface area contributed by atoms with Crippen molar-refractivity contribution in [3.8, 4) is 5.75 Å². The van der Waals surface area contributed by atoms with Crippen molar-refractivity contribution in [1.29, 1.82) is 0 Å². The quantitative estimate of drug-likeness (QED) is 0.914. The summed E-state index contributed by atoms with van der Waals surface area (Å²) in [6.45, 7) is 3.22. The first-order valence-electron chi connectivity index (χ1n) is 7.11. The molecule has 2 aromatic rings. The lowest BCUT2D eigenvalue weighted by atomic mass is 9.88. The average Bonchev–Trinajstić information content (AvgIpc) is 2.48. The molecular formula is C16H20N2O2. The van der Waals surface area contributed by atoms with Crippen molar-refractivity contribution in [3.05, 3.63) is 34.1 Å². The summed E-state index contributed by atoms with van der Waals surface area (Å²) < 4.78 is 7.06. The van der Waals surface area contributed by atoms with Gasteiger partial charge < -0.3 is 14.6 Å². The van der Waals surface area contributed by atoms with Crippen molar-refractivity contribution >= 4 is 16.6 Å². The maximum absolute atomic E-state index is 12.0. The number of methoxy groups -OCH3 is 1. The number of pyridine rings is 1. The molecule has 1 aromatic carbocycles. The molecule has 0 saturated heterocycles. The van der Waals surface area contributed by atoms with Gasteiger partial charge in [0.15, 0.2) is 0 Å². The highest BCUT2D eigenvalue weighted by atomic mass is 16.5. The molecule has 1 N–H and O–H groups in total. The first-order valence-corrected chi connectivity index (χ1v) is 7.11. The molecule has 0 saturated carbocycles. The number of hydrogen-bond acceptors (Lipinski definition) is 3. The Kier molecular flexibility index (Phi) is 3.16. The Hall–Kier alpha value is -1.97. The Balaban J connectivity index is 2.35. The molecular weight excluding hydrogens is 252 g/mol. The number of aryl methyl sites for hydroxylation is 1. The van der Waals surface area contributed by atoms with E-state index in [1.807, 2.05) is 7.05 Å². The Bertz CT molecular complexity index is 718. The topological polar surface area (TPSA) is 43.3 Å². The smallest absolute Gasteiger partial charge is 0.254 e. The lowest BCUT2D eigenvalue weighted by molar-refractivity contribution is 0.418. The summed E-state index contributed by atoms with van der Waals surface area (Å²) in [6, 6.07) is 5.81. The third kappa shape index (κ3) is 1.87. The van der Waals surface area contributed by atoms with Crippen molar-refractivity contribution < 1.29 is 4.74 Å². The molecule has 1 unspecified atom stereocenters. The first-order chi connectivity index (χ1) is 9.65. The number of aromatic nitrogens is 1. The Morgan fingerprint density at radius 1 is 1.40 bits per heavy atom. The van der Waals surface area contributed by atoms with Gasteiger partial charge in [0, 0.05) is 30.7 Å². The van der Waals surface area contributed by atoms with E-state index in [-0.39, 0.29) is 5.56 Å². The summed E-state index contributed by atoms with van der Waals surface area (Å²) in [6.07, 6.45) is 2.27. The molecule has 0 amide bonds. The van der Waals surface area contributed by atoms with Crippen molar-refractivity contribution in [2.24, 2.45) is 7.05 Å². The molecule has 0 bridgehead atoms. The molecule has 2 heterocycles. The zero-order valence-corrected chi connectivity index (χ0v) is 12.2. The number of benzene rings is 1. The summed E-state index contributed by atoms with van der Waals surface area (Å²) in [5, 5.41) is 4.45. The monoisotopic (exact) mass is 272 g/mol. The number of nitrogens with zero attached hydrogens (tertiary/aromatic N) is 1. The number of ether oxygens (including phenoxy) is 1. The molecule has 1 aliphatic heterocycles. The normalized spacial score (nSPS) is 17.6. The van der Waals surface area contributed by atoms with Crippen LogP contribution in [0.1, 0.15) is 31.2 Å². The van der Waals surface area contributed by atoms with Crippen LogP contribution >= 0.6 is 0 Å². The number of nitrogens with one attached hydrogen (secondary N) is 1. The largest absolute Gasteiger partial charge is 0.496 e. The second-order valence-electron chi connectivity index (χ2n) is 5.39. The van der Waals surface area contributed by atoms with Gasteiger partial charge in [-0.2, -0.15) is 0 Å². The second kappa shape index (κ2) is 4.85. The summed E-state index contributed by atoms with van der Waals surface area (Å²) in [5.41, 5.74) is 3.39. The van der Waals surface area contributed by atoms with Crippen molar-refractivity contribution in [3.63, 3.8) is 0 Å². The van der Waals surface area contributed by atoms with Crippen LogP contribution < -0.4 is 15.6 Å². The van der Waals surface area contributed by atoms with E-state index in [0.717, 1.165) is 30.3 Å². The molecule has 106 valence electrons. The molecule has 0 spiro atoms. The number of anilines is 1. The van der Waals surface area contributed by atoms with Crippen LogP contribution in [-0.4, -0.2) is 18.2 Å². The predicted molar refractivity (Wildman–Crippen MR) is 81.9 cm³/mol. The molecule has 3 rings (SSSR count). The van der Waals surface area contributed by atoms with Gasteiger partial charge in [-0.25, -0.2) is 0 Å². The van der Waals surface area contributed by atoms with Gasteiger partial charge in [-0.05, 0) is 36.5 Å². The molecule has 0 radical (unpaired) electrons. The Morgan fingerprint density at radius 3 is 2.90 bits per heavy atom. The van der Waals surface area contributed by atoms with Gasteiger partial charge in [0.25, 0.3) is 5.56 Å². The fraction of sp³-hybridized carbons (Fsp3) is 0.438. The third-order valence-corrected chi connectivity index (χ3v) is 4.34. The lowest BCUT2D eigenvalue weighted by Crippen LogP contribution is -2.19. The SMILES string of the molecule is CCC1CCNc2cc3c(OC)cc(=O)n(C)c3cc21. The van der Waals surface area contributed by atoms with Gasteiger partial charge >= 0.3 is 0 Å². The number of fused-ring (bicyclic) bond motifs is 2. The van der Waals surface area contributed by atoms with Crippen LogP contribution in [0.2, 0.25) is 0 Å². The number of rotatable bonds is 2. The molecule has 1 aromatic heterocycles. The van der Waals surface area contributed by atoms with E-state index in [0.29, 0.717) is 11.7 Å². The summed E-state index contributed by atoms with van der Waals surface area (Å²) >= 11 is 0. The van der Waals surface area contributed by atoms with E-state index in [2.05, 4.69) is 24.4 Å². The maximum Gasteiger partial charge on any atom is 0.254 e. The highest BCUT2D eigenvalue weighted by molar-refractivity contribution is 5.90. The molecule has 0 fully saturated rings. The Morgan fingerprint density at radius 2 is 2.20 bits per heavy atom. The molecule has 1 aliphatic rings. The van der Waals surface area contributed by atoms with Crippen LogP contribution in [0.5, 0.6) is 5.75 Å². The van der Waals surface area contributed by atoms with Crippen LogP contribution in [0.25, 0.3) is 10.9 Å². The minimum atomic E-state index is -0.0360. The first kappa shape index (κ1) is 13.0. The summed E-state index contributed by atoms with van der Waals surface area (Å²) in [7, 11) is 3.42.